The molecule has 0 saturated carbocycles. The second-order valence-electron chi connectivity index (χ2n) is 13.5. The molecule has 54 heavy (non-hydrogen) atoms. The highest BCUT2D eigenvalue weighted by molar-refractivity contribution is 5.94. The number of rotatable bonds is 16. The number of nitrogens with one attached hydrogen (secondary N) is 3. The third kappa shape index (κ3) is 10.0. The standard InChI is InChI=1S/C42H46N4O8/c47-36-16-14-34(35-15-17-38(49)44-40(35)36)37(48)25-43-20-5-21-46(26-28-18-22-53-23-19-28)41(50)31-12-10-29(11-13-31)27-54-33-9-4-8-32(24-33)39(45-42(51)52)30-6-2-1-3-7-30/h1-4,6-17,24,28,37,39,43,45,47-48H,5,18-23,25-27H2,(H,44,49)(H,51,52)/t37?,39-/m0/s1. The Morgan fingerprint density at radius 3 is 2.44 bits per heavy atom. The average Bonchev–Trinajstić information content (AvgIpc) is 3.19. The highest BCUT2D eigenvalue weighted by Gasteiger charge is 2.23. The largest absolute Gasteiger partial charge is 0.506 e. The number of carbonyl (C=O) groups is 2. The molecule has 4 aromatic carbocycles. The van der Waals surface area contributed by atoms with Crippen LogP contribution in [0.4, 0.5) is 4.79 Å². The highest BCUT2D eigenvalue weighted by Crippen LogP contribution is 2.29. The van der Waals surface area contributed by atoms with Crippen molar-refractivity contribution in [3.63, 3.8) is 0 Å². The van der Waals surface area contributed by atoms with Crippen LogP contribution in [0.2, 0.25) is 0 Å². The minimum absolute atomic E-state index is 0.0517. The monoisotopic (exact) mass is 734 g/mol. The first kappa shape index (κ1) is 38.0. The number of carboxylic acid groups (broad SMARTS) is 1. The molecule has 12 nitrogen and oxygen atoms in total. The number of amides is 2. The van der Waals surface area contributed by atoms with E-state index in [2.05, 4.69) is 15.6 Å². The number of aliphatic hydroxyl groups is 1. The van der Waals surface area contributed by atoms with E-state index in [1.54, 1.807) is 12.1 Å². The number of nitrogens with zero attached hydrogens (tertiary/aromatic N) is 1. The maximum absolute atomic E-state index is 13.8. The van der Waals surface area contributed by atoms with Gasteiger partial charge in [-0.1, -0.05) is 60.7 Å². The minimum atomic E-state index is -1.12. The Kier molecular flexibility index (Phi) is 12.9. The van der Waals surface area contributed by atoms with Gasteiger partial charge in [0.1, 0.15) is 18.1 Å². The first-order chi connectivity index (χ1) is 26.2. The van der Waals surface area contributed by atoms with Gasteiger partial charge in [0.2, 0.25) is 5.56 Å². The van der Waals surface area contributed by atoms with Crippen LogP contribution in [-0.2, 0) is 11.3 Å². The van der Waals surface area contributed by atoms with Crippen molar-refractivity contribution < 1.29 is 34.4 Å². The number of hydrogen-bond donors (Lipinski definition) is 6. The summed E-state index contributed by atoms with van der Waals surface area (Å²) in [7, 11) is 0. The van der Waals surface area contributed by atoms with Crippen molar-refractivity contribution in [2.24, 2.45) is 5.92 Å². The van der Waals surface area contributed by atoms with E-state index < -0.39 is 18.2 Å². The van der Waals surface area contributed by atoms with Crippen LogP contribution in [0, 0.1) is 5.92 Å². The molecule has 5 aromatic rings. The van der Waals surface area contributed by atoms with Gasteiger partial charge in [0.05, 0.1) is 17.7 Å². The zero-order valence-corrected chi connectivity index (χ0v) is 29.9. The third-order valence-electron chi connectivity index (χ3n) is 9.69. The second-order valence-corrected chi connectivity index (χ2v) is 13.5. The Morgan fingerprint density at radius 1 is 0.926 bits per heavy atom. The summed E-state index contributed by atoms with van der Waals surface area (Å²) in [5.41, 5.74) is 3.58. The Labute approximate surface area is 313 Å². The zero-order chi connectivity index (χ0) is 37.9. The van der Waals surface area contributed by atoms with Crippen molar-refractivity contribution in [2.45, 2.75) is 38.0 Å². The molecule has 0 aliphatic carbocycles. The molecule has 1 aliphatic heterocycles. The molecule has 282 valence electrons. The molecule has 0 bridgehead atoms. The molecular weight excluding hydrogens is 688 g/mol. The number of aliphatic hydroxyl groups excluding tert-OH is 1. The van der Waals surface area contributed by atoms with Gasteiger partial charge >= 0.3 is 6.09 Å². The number of carbonyl (C=O) groups excluding carboxylic acids is 1. The summed E-state index contributed by atoms with van der Waals surface area (Å²) in [4.78, 5) is 41.7. The smallest absolute Gasteiger partial charge is 0.405 e. The van der Waals surface area contributed by atoms with E-state index in [0.29, 0.717) is 67.4 Å². The van der Waals surface area contributed by atoms with Gasteiger partial charge in [0.15, 0.2) is 0 Å². The SMILES string of the molecule is O=C(O)N[C@@H](c1ccccc1)c1cccc(OCc2ccc(C(=O)N(CCCNCC(O)c3ccc(O)c4[nH]c(=O)ccc34)CC3CCOCC3)cc2)c1. The van der Waals surface area contributed by atoms with Gasteiger partial charge in [-0.05, 0) is 90.4 Å². The predicted octanol–water partition coefficient (Wildman–Crippen LogP) is 5.75. The molecule has 1 fully saturated rings. The number of aromatic amines is 1. The number of phenols is 1. The van der Waals surface area contributed by atoms with Crippen LogP contribution in [0.3, 0.4) is 0 Å². The van der Waals surface area contributed by atoms with Crippen molar-refractivity contribution in [1.82, 2.24) is 20.5 Å². The van der Waals surface area contributed by atoms with Gasteiger partial charge < -0.3 is 45.3 Å². The third-order valence-corrected chi connectivity index (χ3v) is 9.69. The van der Waals surface area contributed by atoms with Crippen LogP contribution in [0.15, 0.2) is 108 Å². The van der Waals surface area contributed by atoms with Gasteiger partial charge in [-0.2, -0.15) is 0 Å². The van der Waals surface area contributed by atoms with Gasteiger partial charge in [0.25, 0.3) is 5.91 Å². The Balaban J connectivity index is 1.04. The molecular formula is C42H46N4O8. The van der Waals surface area contributed by atoms with Crippen molar-refractivity contribution >= 4 is 22.9 Å². The van der Waals surface area contributed by atoms with Crippen LogP contribution in [0.1, 0.15) is 64.0 Å². The van der Waals surface area contributed by atoms with Crippen LogP contribution in [0.5, 0.6) is 11.5 Å². The molecule has 6 rings (SSSR count). The molecule has 2 atom stereocenters. The van der Waals surface area contributed by atoms with E-state index >= 15 is 0 Å². The lowest BCUT2D eigenvalue weighted by atomic mass is 9.98. The van der Waals surface area contributed by atoms with E-state index in [0.717, 1.165) is 29.5 Å². The number of pyridine rings is 1. The number of phenolic OH excluding ortho intramolecular Hbond substituents is 1. The van der Waals surface area contributed by atoms with E-state index in [9.17, 15) is 29.7 Å². The van der Waals surface area contributed by atoms with Crippen LogP contribution in [0.25, 0.3) is 10.9 Å². The molecule has 2 amide bonds. The number of fused-ring (bicyclic) bond motifs is 1. The first-order valence-electron chi connectivity index (χ1n) is 18.2. The molecule has 2 heterocycles. The Hall–Kier alpha value is -5.69. The maximum atomic E-state index is 13.8. The summed E-state index contributed by atoms with van der Waals surface area (Å²) in [5.74, 6) is 0.833. The van der Waals surface area contributed by atoms with Gasteiger partial charge in [0, 0.05) is 49.9 Å². The van der Waals surface area contributed by atoms with E-state index in [4.69, 9.17) is 9.47 Å². The lowest BCUT2D eigenvalue weighted by Crippen LogP contribution is -2.39. The predicted molar refractivity (Wildman–Crippen MR) is 205 cm³/mol. The highest BCUT2D eigenvalue weighted by atomic mass is 16.5. The fourth-order valence-electron chi connectivity index (χ4n) is 6.81. The molecule has 1 aliphatic rings. The number of ether oxygens (including phenoxy) is 2. The van der Waals surface area contributed by atoms with Gasteiger partial charge in [-0.25, -0.2) is 4.79 Å². The van der Waals surface area contributed by atoms with Crippen molar-refractivity contribution in [3.05, 3.63) is 141 Å². The van der Waals surface area contributed by atoms with E-state index in [-0.39, 0.29) is 35.9 Å². The number of hydrogen-bond acceptors (Lipinski definition) is 8. The minimum Gasteiger partial charge on any atom is -0.506 e. The van der Waals surface area contributed by atoms with Gasteiger partial charge in [-0.15, -0.1) is 0 Å². The fraction of sp³-hybridized carbons (Fsp3) is 0.310. The van der Waals surface area contributed by atoms with E-state index in [1.807, 2.05) is 83.8 Å². The van der Waals surface area contributed by atoms with Crippen molar-refractivity contribution in [1.29, 1.82) is 0 Å². The number of H-pyrrole nitrogens is 1. The summed E-state index contributed by atoms with van der Waals surface area (Å²) in [6, 6.07) is 29.6. The summed E-state index contributed by atoms with van der Waals surface area (Å²) in [6.07, 6.45) is 0.477. The molecule has 12 heteroatoms. The molecule has 0 spiro atoms. The molecule has 1 unspecified atom stereocenters. The molecule has 6 N–H and O–H groups in total. The molecule has 0 radical (unpaired) electrons. The van der Waals surface area contributed by atoms with Crippen LogP contribution < -0.4 is 20.9 Å². The molecule has 1 aromatic heterocycles. The number of aromatic nitrogens is 1. The van der Waals surface area contributed by atoms with E-state index in [1.165, 1.54) is 12.1 Å². The summed E-state index contributed by atoms with van der Waals surface area (Å²) in [5, 5.41) is 37.0. The van der Waals surface area contributed by atoms with Crippen molar-refractivity contribution in [3.8, 4) is 11.5 Å². The first-order valence-corrected chi connectivity index (χ1v) is 18.2. The number of benzene rings is 4. The summed E-state index contributed by atoms with van der Waals surface area (Å²) < 4.78 is 11.6. The second kappa shape index (κ2) is 18.4. The maximum Gasteiger partial charge on any atom is 0.405 e. The lowest BCUT2D eigenvalue weighted by molar-refractivity contribution is 0.0456. The quantitative estimate of drug-likeness (QED) is 0.0690. The lowest BCUT2D eigenvalue weighted by Gasteiger charge is -2.30. The fourth-order valence-corrected chi connectivity index (χ4v) is 6.81. The van der Waals surface area contributed by atoms with Crippen LogP contribution >= 0.6 is 0 Å². The number of aromatic hydroxyl groups is 1. The summed E-state index contributed by atoms with van der Waals surface area (Å²) >= 11 is 0. The van der Waals surface area contributed by atoms with Crippen molar-refractivity contribution in [2.75, 3.05) is 39.4 Å². The zero-order valence-electron chi connectivity index (χ0n) is 29.9. The Bertz CT molecular complexity index is 2070. The molecule has 1 saturated heterocycles. The topological polar surface area (TPSA) is 173 Å². The average molecular weight is 735 g/mol. The van der Waals surface area contributed by atoms with Gasteiger partial charge in [-0.3, -0.25) is 9.59 Å². The normalized spacial score (nSPS) is 14.3. The van der Waals surface area contributed by atoms with Crippen LogP contribution in [-0.4, -0.2) is 76.6 Å². The Morgan fingerprint density at radius 2 is 1.69 bits per heavy atom. The summed E-state index contributed by atoms with van der Waals surface area (Å²) in [6.45, 7) is 3.63.